The molecular formula is C16H17F2NO. The number of ether oxygens (including phenoxy) is 1. The number of benzene rings is 2. The molecule has 20 heavy (non-hydrogen) atoms. The van der Waals surface area contributed by atoms with E-state index in [0.717, 1.165) is 23.7 Å². The minimum absolute atomic E-state index is 0.157. The van der Waals surface area contributed by atoms with E-state index in [0.29, 0.717) is 12.3 Å². The summed E-state index contributed by atoms with van der Waals surface area (Å²) in [5.74, 6) is -0.550. The van der Waals surface area contributed by atoms with Gasteiger partial charge in [-0.3, -0.25) is 0 Å². The van der Waals surface area contributed by atoms with Gasteiger partial charge in [-0.2, -0.15) is 0 Å². The van der Waals surface area contributed by atoms with Gasteiger partial charge >= 0.3 is 0 Å². The largest absolute Gasteiger partial charge is 0.457 e. The fourth-order valence-electron chi connectivity index (χ4n) is 1.92. The number of halogens is 2. The Bertz CT molecular complexity index is 579. The molecule has 4 heteroatoms. The van der Waals surface area contributed by atoms with Gasteiger partial charge in [0.25, 0.3) is 0 Å². The van der Waals surface area contributed by atoms with E-state index in [1.807, 2.05) is 32.0 Å². The topological polar surface area (TPSA) is 21.3 Å². The Labute approximate surface area is 117 Å². The molecule has 2 nitrogen and oxygen atoms in total. The molecule has 0 saturated carbocycles. The normalized spacial score (nSPS) is 10.6. The van der Waals surface area contributed by atoms with Crippen molar-refractivity contribution < 1.29 is 13.5 Å². The zero-order valence-corrected chi connectivity index (χ0v) is 11.5. The summed E-state index contributed by atoms with van der Waals surface area (Å²) in [7, 11) is 0. The predicted molar refractivity (Wildman–Crippen MR) is 75.0 cm³/mol. The van der Waals surface area contributed by atoms with Crippen molar-refractivity contribution in [2.24, 2.45) is 0 Å². The molecule has 0 unspecified atom stereocenters. The number of hydrogen-bond acceptors (Lipinski definition) is 2. The number of aryl methyl sites for hydroxylation is 1. The van der Waals surface area contributed by atoms with Gasteiger partial charge in [0, 0.05) is 30.3 Å². The van der Waals surface area contributed by atoms with Gasteiger partial charge in [-0.15, -0.1) is 0 Å². The Morgan fingerprint density at radius 3 is 2.40 bits per heavy atom. The molecule has 0 aliphatic rings. The van der Waals surface area contributed by atoms with E-state index < -0.39 is 11.6 Å². The third-order valence-corrected chi connectivity index (χ3v) is 2.85. The van der Waals surface area contributed by atoms with Crippen LogP contribution >= 0.6 is 0 Å². The zero-order valence-electron chi connectivity index (χ0n) is 11.5. The summed E-state index contributed by atoms with van der Waals surface area (Å²) in [6.45, 7) is 5.48. The molecule has 0 aliphatic heterocycles. The summed E-state index contributed by atoms with van der Waals surface area (Å²) >= 11 is 0. The van der Waals surface area contributed by atoms with Gasteiger partial charge in [0.05, 0.1) is 0 Å². The van der Waals surface area contributed by atoms with Crippen LogP contribution in [-0.4, -0.2) is 6.54 Å². The lowest BCUT2D eigenvalue weighted by molar-refractivity contribution is 0.460. The Balaban J connectivity index is 2.27. The fourth-order valence-corrected chi connectivity index (χ4v) is 1.92. The lowest BCUT2D eigenvalue weighted by Crippen LogP contribution is -2.12. The minimum Gasteiger partial charge on any atom is -0.457 e. The molecule has 106 valence electrons. The van der Waals surface area contributed by atoms with Gasteiger partial charge in [0.15, 0.2) is 0 Å². The standard InChI is InChI=1S/C16H17F2NO/c1-3-19-10-12-6-11(2)4-5-16(12)20-15-8-13(17)7-14(18)9-15/h4-9,19H,3,10H2,1-2H3. The number of nitrogens with one attached hydrogen (secondary N) is 1. The quantitative estimate of drug-likeness (QED) is 0.885. The van der Waals surface area contributed by atoms with Gasteiger partial charge in [-0.1, -0.05) is 24.6 Å². The third kappa shape index (κ3) is 3.78. The molecule has 2 aromatic rings. The maximum absolute atomic E-state index is 13.2. The van der Waals surface area contributed by atoms with Crippen LogP contribution in [0.3, 0.4) is 0 Å². The van der Waals surface area contributed by atoms with E-state index in [9.17, 15) is 8.78 Å². The highest BCUT2D eigenvalue weighted by Gasteiger charge is 2.07. The summed E-state index contributed by atoms with van der Waals surface area (Å²) < 4.78 is 31.9. The molecule has 0 saturated heterocycles. The molecule has 0 aliphatic carbocycles. The van der Waals surface area contributed by atoms with Crippen molar-refractivity contribution in [3.05, 3.63) is 59.2 Å². The molecule has 0 radical (unpaired) electrons. The highest BCUT2D eigenvalue weighted by molar-refractivity contribution is 5.40. The van der Waals surface area contributed by atoms with Gasteiger partial charge in [-0.25, -0.2) is 8.78 Å². The molecule has 2 rings (SSSR count). The van der Waals surface area contributed by atoms with Gasteiger partial charge < -0.3 is 10.1 Å². The maximum atomic E-state index is 13.2. The van der Waals surface area contributed by atoms with E-state index in [2.05, 4.69) is 5.32 Å². The first kappa shape index (κ1) is 14.5. The first-order valence-corrected chi connectivity index (χ1v) is 6.52. The van der Waals surface area contributed by atoms with Crippen LogP contribution < -0.4 is 10.1 Å². The van der Waals surface area contributed by atoms with Gasteiger partial charge in [-0.05, 0) is 19.5 Å². The molecule has 0 atom stereocenters. The van der Waals surface area contributed by atoms with Gasteiger partial charge in [0.1, 0.15) is 23.1 Å². The Morgan fingerprint density at radius 2 is 1.75 bits per heavy atom. The maximum Gasteiger partial charge on any atom is 0.133 e. The van der Waals surface area contributed by atoms with Crippen molar-refractivity contribution >= 4 is 0 Å². The molecule has 1 N–H and O–H groups in total. The van der Waals surface area contributed by atoms with Crippen LogP contribution in [0.2, 0.25) is 0 Å². The van der Waals surface area contributed by atoms with E-state index in [1.54, 1.807) is 0 Å². The van der Waals surface area contributed by atoms with Crippen molar-refractivity contribution in [1.82, 2.24) is 5.32 Å². The Morgan fingerprint density at radius 1 is 1.05 bits per heavy atom. The van der Waals surface area contributed by atoms with Crippen LogP contribution in [0.5, 0.6) is 11.5 Å². The van der Waals surface area contributed by atoms with E-state index >= 15 is 0 Å². The lowest BCUT2D eigenvalue weighted by atomic mass is 10.1. The molecule has 0 fully saturated rings. The predicted octanol–water partition coefficient (Wildman–Crippen LogP) is 4.18. The van der Waals surface area contributed by atoms with Crippen molar-refractivity contribution in [3.63, 3.8) is 0 Å². The third-order valence-electron chi connectivity index (χ3n) is 2.85. The summed E-state index contributed by atoms with van der Waals surface area (Å²) in [6.07, 6.45) is 0. The molecule has 0 aromatic heterocycles. The summed E-state index contributed by atoms with van der Waals surface area (Å²) in [6, 6.07) is 8.86. The van der Waals surface area contributed by atoms with Crippen molar-refractivity contribution in [2.45, 2.75) is 20.4 Å². The fraction of sp³-hybridized carbons (Fsp3) is 0.250. The summed E-state index contributed by atoms with van der Waals surface area (Å²) in [4.78, 5) is 0. The molecular weight excluding hydrogens is 260 g/mol. The van der Waals surface area contributed by atoms with Crippen LogP contribution in [0.25, 0.3) is 0 Å². The van der Waals surface area contributed by atoms with E-state index in [-0.39, 0.29) is 5.75 Å². The Hall–Kier alpha value is -1.94. The molecule has 0 amide bonds. The second-order valence-electron chi connectivity index (χ2n) is 4.60. The zero-order chi connectivity index (χ0) is 14.5. The van der Waals surface area contributed by atoms with Crippen molar-refractivity contribution in [1.29, 1.82) is 0 Å². The Kier molecular flexibility index (Phi) is 4.69. The SMILES string of the molecule is CCNCc1cc(C)ccc1Oc1cc(F)cc(F)c1. The van der Waals surface area contributed by atoms with Crippen molar-refractivity contribution in [2.75, 3.05) is 6.54 Å². The van der Waals surface area contributed by atoms with E-state index in [4.69, 9.17) is 4.74 Å². The molecule has 0 bridgehead atoms. The highest BCUT2D eigenvalue weighted by atomic mass is 19.1. The number of hydrogen-bond donors (Lipinski definition) is 1. The average Bonchev–Trinajstić information content (AvgIpc) is 2.38. The molecule has 0 heterocycles. The highest BCUT2D eigenvalue weighted by Crippen LogP contribution is 2.27. The molecule has 0 spiro atoms. The minimum atomic E-state index is -0.652. The van der Waals surface area contributed by atoms with Crippen LogP contribution in [0, 0.1) is 18.6 Å². The van der Waals surface area contributed by atoms with Crippen LogP contribution in [0.15, 0.2) is 36.4 Å². The van der Waals surface area contributed by atoms with E-state index in [1.165, 1.54) is 12.1 Å². The summed E-state index contributed by atoms with van der Waals surface area (Å²) in [5.41, 5.74) is 2.06. The van der Waals surface area contributed by atoms with Crippen LogP contribution in [-0.2, 0) is 6.54 Å². The monoisotopic (exact) mass is 277 g/mol. The average molecular weight is 277 g/mol. The van der Waals surface area contributed by atoms with Gasteiger partial charge in [0.2, 0.25) is 0 Å². The van der Waals surface area contributed by atoms with Crippen molar-refractivity contribution in [3.8, 4) is 11.5 Å². The lowest BCUT2D eigenvalue weighted by Gasteiger charge is -2.12. The summed E-state index contributed by atoms with van der Waals surface area (Å²) in [5, 5.41) is 3.21. The number of rotatable bonds is 5. The first-order chi connectivity index (χ1) is 9.58. The van der Waals surface area contributed by atoms with Crippen LogP contribution in [0.4, 0.5) is 8.78 Å². The second kappa shape index (κ2) is 6.48. The van der Waals surface area contributed by atoms with Crippen LogP contribution in [0.1, 0.15) is 18.1 Å². The first-order valence-electron chi connectivity index (χ1n) is 6.52. The smallest absolute Gasteiger partial charge is 0.133 e. The second-order valence-corrected chi connectivity index (χ2v) is 4.60. The molecule has 2 aromatic carbocycles.